The molecule has 1 unspecified atom stereocenters. The van der Waals surface area contributed by atoms with Crippen molar-refractivity contribution in [1.29, 1.82) is 0 Å². The van der Waals surface area contributed by atoms with Gasteiger partial charge >= 0.3 is 5.97 Å². The van der Waals surface area contributed by atoms with Crippen LogP contribution in [0.3, 0.4) is 0 Å². The molecule has 2 aromatic rings. The smallest absolute Gasteiger partial charge is 0.321 e. The zero-order chi connectivity index (χ0) is 20.9. The normalized spacial score (nSPS) is 12.2. The number of benzene rings is 1. The molecule has 0 fully saturated rings. The van der Waals surface area contributed by atoms with Crippen LogP contribution in [-0.4, -0.2) is 31.3 Å². The number of hydrogen-bond acceptors (Lipinski definition) is 5. The number of carboxylic acids is 1. The van der Waals surface area contributed by atoms with E-state index in [1.807, 2.05) is 18.2 Å². The summed E-state index contributed by atoms with van der Waals surface area (Å²) in [6, 6.07) is 7.86. The molecular formula is C22H34N4O2S. The van der Waals surface area contributed by atoms with Gasteiger partial charge in [-0.05, 0) is 34.4 Å². The number of unbranched alkanes of at least 4 members (excludes halogenated alkanes) is 9. The first-order chi connectivity index (χ1) is 14.1. The Morgan fingerprint density at radius 1 is 1.03 bits per heavy atom. The van der Waals surface area contributed by atoms with Crippen LogP contribution in [0.25, 0.3) is 0 Å². The van der Waals surface area contributed by atoms with Crippen LogP contribution in [0.5, 0.6) is 0 Å². The van der Waals surface area contributed by atoms with E-state index in [4.69, 9.17) is 0 Å². The number of carboxylic acid groups (broad SMARTS) is 1. The van der Waals surface area contributed by atoms with Crippen molar-refractivity contribution < 1.29 is 9.90 Å². The molecule has 0 radical (unpaired) electrons. The highest BCUT2D eigenvalue weighted by Gasteiger charge is 2.25. The lowest BCUT2D eigenvalue weighted by Crippen LogP contribution is -2.11. The van der Waals surface area contributed by atoms with Crippen LogP contribution in [0.15, 0.2) is 29.4 Å². The molecule has 160 valence electrons. The average Bonchev–Trinajstić information content (AvgIpc) is 3.12. The first kappa shape index (κ1) is 23.4. The number of rotatable bonds is 15. The van der Waals surface area contributed by atoms with Gasteiger partial charge in [0.1, 0.15) is 5.25 Å². The fraction of sp³-hybridized carbons (Fsp3) is 0.636. The fourth-order valence-electron chi connectivity index (χ4n) is 3.49. The van der Waals surface area contributed by atoms with Gasteiger partial charge in [0, 0.05) is 7.05 Å². The van der Waals surface area contributed by atoms with E-state index in [-0.39, 0.29) is 0 Å². The van der Waals surface area contributed by atoms with Gasteiger partial charge in [-0.1, -0.05) is 101 Å². The predicted octanol–water partition coefficient (Wildman–Crippen LogP) is 5.59. The summed E-state index contributed by atoms with van der Waals surface area (Å²) in [6.07, 6.45) is 13.9. The Labute approximate surface area is 178 Å². The van der Waals surface area contributed by atoms with Crippen LogP contribution in [0, 0.1) is 0 Å². The number of thioether (sulfide) groups is 1. The summed E-state index contributed by atoms with van der Waals surface area (Å²) in [6.45, 7) is 2.25. The number of tetrazole rings is 1. The van der Waals surface area contributed by atoms with E-state index in [0.717, 1.165) is 24.0 Å². The van der Waals surface area contributed by atoms with Crippen molar-refractivity contribution in [2.24, 2.45) is 7.05 Å². The van der Waals surface area contributed by atoms with E-state index < -0.39 is 11.2 Å². The Morgan fingerprint density at radius 2 is 1.66 bits per heavy atom. The molecule has 0 spiro atoms. The Kier molecular flexibility index (Phi) is 10.8. The number of aliphatic carboxylic acids is 1. The Morgan fingerprint density at radius 3 is 2.24 bits per heavy atom. The second-order valence-corrected chi connectivity index (χ2v) is 8.62. The van der Waals surface area contributed by atoms with Crippen molar-refractivity contribution in [3.8, 4) is 0 Å². The molecule has 2 rings (SSSR count). The SMILES string of the molecule is CCCCCCCCCCCCc1ccccc1C(Sc1nnnn1C)C(=O)O. The molecule has 0 aliphatic carbocycles. The van der Waals surface area contributed by atoms with Crippen molar-refractivity contribution in [2.75, 3.05) is 0 Å². The minimum Gasteiger partial charge on any atom is -0.480 e. The van der Waals surface area contributed by atoms with E-state index in [1.165, 1.54) is 74.2 Å². The number of aryl methyl sites for hydroxylation is 2. The third-order valence-corrected chi connectivity index (χ3v) is 6.41. The summed E-state index contributed by atoms with van der Waals surface area (Å²) in [4.78, 5) is 11.9. The van der Waals surface area contributed by atoms with Gasteiger partial charge in [-0.15, -0.1) is 5.10 Å². The lowest BCUT2D eigenvalue weighted by atomic mass is 9.98. The largest absolute Gasteiger partial charge is 0.480 e. The summed E-state index contributed by atoms with van der Waals surface area (Å²) >= 11 is 1.18. The summed E-state index contributed by atoms with van der Waals surface area (Å²) in [7, 11) is 1.72. The molecule has 6 nitrogen and oxygen atoms in total. The standard InChI is InChI=1S/C22H34N4O2S/c1-3-4-5-6-7-8-9-10-11-12-15-18-16-13-14-17-19(18)20(21(27)28)29-22-23-24-25-26(22)2/h13-14,16-17,20H,3-12,15H2,1-2H3,(H,27,28). The number of nitrogens with zero attached hydrogens (tertiary/aromatic N) is 4. The highest BCUT2D eigenvalue weighted by molar-refractivity contribution is 8.00. The molecule has 0 bridgehead atoms. The van der Waals surface area contributed by atoms with Crippen molar-refractivity contribution in [1.82, 2.24) is 20.2 Å². The van der Waals surface area contributed by atoms with E-state index >= 15 is 0 Å². The minimum atomic E-state index is -0.867. The van der Waals surface area contributed by atoms with Crippen LogP contribution in [0.1, 0.15) is 87.5 Å². The van der Waals surface area contributed by atoms with E-state index in [2.05, 4.69) is 28.5 Å². The Bertz CT molecular complexity index is 735. The highest BCUT2D eigenvalue weighted by atomic mass is 32.2. The molecule has 1 heterocycles. The molecule has 1 N–H and O–H groups in total. The first-order valence-electron chi connectivity index (χ1n) is 10.8. The van der Waals surface area contributed by atoms with Crippen molar-refractivity contribution in [2.45, 2.75) is 88.0 Å². The minimum absolute atomic E-state index is 0.506. The van der Waals surface area contributed by atoms with Gasteiger partial charge in [-0.2, -0.15) is 0 Å². The molecular weight excluding hydrogens is 384 g/mol. The van der Waals surface area contributed by atoms with Crippen LogP contribution in [0.4, 0.5) is 0 Å². The van der Waals surface area contributed by atoms with Gasteiger partial charge in [0.2, 0.25) is 5.16 Å². The average molecular weight is 419 g/mol. The molecule has 0 aliphatic heterocycles. The van der Waals surface area contributed by atoms with E-state index in [0.29, 0.717) is 5.16 Å². The fourth-order valence-corrected chi connectivity index (χ4v) is 4.44. The summed E-state index contributed by atoms with van der Waals surface area (Å²) in [5.74, 6) is -0.867. The van der Waals surface area contributed by atoms with Crippen LogP contribution < -0.4 is 0 Å². The quantitative estimate of drug-likeness (QED) is 0.300. The second kappa shape index (κ2) is 13.4. The maximum Gasteiger partial charge on any atom is 0.321 e. The second-order valence-electron chi connectivity index (χ2n) is 7.55. The van der Waals surface area contributed by atoms with Crippen molar-refractivity contribution in [3.05, 3.63) is 35.4 Å². The Balaban J connectivity index is 1.81. The zero-order valence-electron chi connectivity index (χ0n) is 17.7. The summed E-state index contributed by atoms with van der Waals surface area (Å²) < 4.78 is 1.51. The molecule has 29 heavy (non-hydrogen) atoms. The number of carbonyl (C=O) groups is 1. The lowest BCUT2D eigenvalue weighted by Gasteiger charge is -2.16. The van der Waals surface area contributed by atoms with Gasteiger partial charge < -0.3 is 5.11 Å². The highest BCUT2D eigenvalue weighted by Crippen LogP contribution is 2.36. The first-order valence-corrected chi connectivity index (χ1v) is 11.7. The van der Waals surface area contributed by atoms with Crippen LogP contribution in [-0.2, 0) is 18.3 Å². The third kappa shape index (κ3) is 8.17. The van der Waals surface area contributed by atoms with Gasteiger partial charge in [-0.25, -0.2) is 4.68 Å². The van der Waals surface area contributed by atoms with Gasteiger partial charge in [0.25, 0.3) is 0 Å². The van der Waals surface area contributed by atoms with Crippen LogP contribution >= 0.6 is 11.8 Å². The topological polar surface area (TPSA) is 80.9 Å². The van der Waals surface area contributed by atoms with Gasteiger partial charge in [-0.3, -0.25) is 4.79 Å². The number of hydrogen-bond donors (Lipinski definition) is 1. The summed E-state index contributed by atoms with van der Waals surface area (Å²) in [5, 5.41) is 20.9. The predicted molar refractivity (Wildman–Crippen MR) is 117 cm³/mol. The lowest BCUT2D eigenvalue weighted by molar-refractivity contribution is -0.136. The molecule has 7 heteroatoms. The maximum absolute atomic E-state index is 11.9. The van der Waals surface area contributed by atoms with E-state index in [9.17, 15) is 9.90 Å². The Hall–Kier alpha value is -1.89. The van der Waals surface area contributed by atoms with E-state index in [1.54, 1.807) is 7.05 Å². The summed E-state index contributed by atoms with van der Waals surface area (Å²) in [5.41, 5.74) is 1.96. The molecule has 0 amide bonds. The van der Waals surface area contributed by atoms with Crippen molar-refractivity contribution in [3.63, 3.8) is 0 Å². The molecule has 1 aromatic heterocycles. The molecule has 0 saturated heterocycles. The third-order valence-electron chi connectivity index (χ3n) is 5.17. The van der Waals surface area contributed by atoms with Gasteiger partial charge in [0.15, 0.2) is 0 Å². The maximum atomic E-state index is 11.9. The molecule has 1 atom stereocenters. The molecule has 1 aromatic carbocycles. The monoisotopic (exact) mass is 418 g/mol. The van der Waals surface area contributed by atoms with Gasteiger partial charge in [0.05, 0.1) is 0 Å². The number of aromatic nitrogens is 4. The van der Waals surface area contributed by atoms with Crippen LogP contribution in [0.2, 0.25) is 0 Å². The van der Waals surface area contributed by atoms with Crippen molar-refractivity contribution >= 4 is 17.7 Å². The molecule has 0 saturated carbocycles. The zero-order valence-corrected chi connectivity index (χ0v) is 18.5. The molecule has 0 aliphatic rings.